The molecule has 3 aromatic carbocycles. The Kier molecular flexibility index (Phi) is 12.2. The number of hydrogen-bond acceptors (Lipinski definition) is 11. The Balaban J connectivity index is 0.743. The lowest BCUT2D eigenvalue weighted by atomic mass is 9.95. The molecule has 4 fully saturated rings. The number of ether oxygens (including phenoxy) is 1. The first-order chi connectivity index (χ1) is 33.2. The Bertz CT molecular complexity index is 3020. The first-order valence-electron chi connectivity index (χ1n) is 23.0. The molecule has 0 spiro atoms. The summed E-state index contributed by atoms with van der Waals surface area (Å²) in [6, 6.07) is 14.0. The van der Waals surface area contributed by atoms with Crippen molar-refractivity contribution in [2.24, 2.45) is 5.92 Å². The Labute approximate surface area is 396 Å². The summed E-state index contributed by atoms with van der Waals surface area (Å²) in [7, 11) is -2.89. The van der Waals surface area contributed by atoms with Gasteiger partial charge in [0.1, 0.15) is 29.4 Å². The van der Waals surface area contributed by atoms with Crippen molar-refractivity contribution in [3.8, 4) is 16.9 Å². The van der Waals surface area contributed by atoms with Gasteiger partial charge in [-0.2, -0.15) is 12.7 Å². The molecule has 10 rings (SSSR count). The molecule has 69 heavy (non-hydrogen) atoms. The Morgan fingerprint density at radius 2 is 1.62 bits per heavy atom. The predicted molar refractivity (Wildman–Crippen MR) is 252 cm³/mol. The lowest BCUT2D eigenvalue weighted by Gasteiger charge is -2.40. The number of carbonyl (C=O) groups excluding carboxylic acids is 4. The summed E-state index contributed by atoms with van der Waals surface area (Å²) in [4.78, 5) is 69.2. The number of rotatable bonds is 12. The smallest absolute Gasteiger partial charge is 0.301 e. The number of methoxy groups -OCH3 is 1. The number of piperazine rings is 1. The summed E-state index contributed by atoms with van der Waals surface area (Å²) in [5, 5.41) is 2.99. The standard InChI is InChI=1S/C49H50F3N9O7S/c1-28-3-10-40(47(63)55-28)61-48(64)36-22-34(23-41(68-2)42(36)49(61)65)58-14-11-29(12-15-58)26-57-17-19-59(20-18-57)33-6-4-30(5-7-33)31-21-35-37(25-54-46(35)53-24-31)45(62)43-38(51)8-9-39(44(43)52)56-69(66,67)60-16-13-32(50)27-60/h4-9,21-25,29,32,40,56H,1,3,10-20,26-27H2,2H3,(H,53,54)(H,55,63)/t32-,40?/m1/s1. The van der Waals surface area contributed by atoms with Crippen LogP contribution in [0.3, 0.4) is 0 Å². The highest BCUT2D eigenvalue weighted by molar-refractivity contribution is 7.90. The normalized spacial score (nSPS) is 20.8. The Morgan fingerprint density at radius 1 is 0.884 bits per heavy atom. The maximum atomic E-state index is 15.8. The number of allylic oxidation sites excluding steroid dienone is 1. The molecule has 1 unspecified atom stereocenters. The van der Waals surface area contributed by atoms with E-state index in [1.807, 2.05) is 35.1 Å². The molecule has 7 heterocycles. The van der Waals surface area contributed by atoms with Crippen molar-refractivity contribution < 1.29 is 45.5 Å². The fourth-order valence-electron chi connectivity index (χ4n) is 10.2. The van der Waals surface area contributed by atoms with Crippen molar-refractivity contribution in [2.75, 3.05) is 80.5 Å². The number of imide groups is 1. The number of anilines is 3. The number of hydrogen-bond donors (Lipinski definition) is 3. The molecule has 5 aliphatic rings. The molecule has 2 aromatic heterocycles. The molecule has 5 aromatic rings. The summed E-state index contributed by atoms with van der Waals surface area (Å²) in [5.74, 6) is -4.20. The monoisotopic (exact) mass is 965 g/mol. The summed E-state index contributed by atoms with van der Waals surface area (Å²) >= 11 is 0. The van der Waals surface area contributed by atoms with Crippen molar-refractivity contribution >= 4 is 61.8 Å². The maximum absolute atomic E-state index is 15.8. The zero-order valence-corrected chi connectivity index (χ0v) is 38.6. The van der Waals surface area contributed by atoms with E-state index in [9.17, 15) is 32.0 Å². The summed E-state index contributed by atoms with van der Waals surface area (Å²) in [6.07, 6.45) is 4.31. The van der Waals surface area contributed by atoms with Gasteiger partial charge in [0.05, 0.1) is 29.5 Å². The van der Waals surface area contributed by atoms with Crippen LogP contribution in [0.15, 0.2) is 79.3 Å². The molecule has 360 valence electrons. The number of nitrogens with zero attached hydrogens (tertiary/aromatic N) is 6. The Hall–Kier alpha value is -6.77. The van der Waals surface area contributed by atoms with Gasteiger partial charge < -0.3 is 24.8 Å². The average molecular weight is 966 g/mol. The molecule has 3 N–H and O–H groups in total. The minimum absolute atomic E-state index is 0.00173. The van der Waals surface area contributed by atoms with Crippen LogP contribution in [0.5, 0.6) is 5.75 Å². The van der Waals surface area contributed by atoms with Crippen molar-refractivity contribution in [3.05, 3.63) is 113 Å². The highest BCUT2D eigenvalue weighted by atomic mass is 32.2. The van der Waals surface area contributed by atoms with Gasteiger partial charge in [-0.05, 0) is 80.0 Å². The van der Waals surface area contributed by atoms with Gasteiger partial charge >= 0.3 is 10.2 Å². The zero-order valence-electron chi connectivity index (χ0n) is 37.8. The number of benzene rings is 3. The first kappa shape index (κ1) is 46.0. The van der Waals surface area contributed by atoms with Gasteiger partial charge in [0.25, 0.3) is 11.8 Å². The van der Waals surface area contributed by atoms with E-state index in [4.69, 9.17) is 4.74 Å². The Morgan fingerprint density at radius 3 is 2.32 bits per heavy atom. The minimum Gasteiger partial charge on any atom is -0.496 e. The molecule has 3 amide bonds. The number of alkyl halides is 1. The number of aromatic nitrogens is 2. The number of ketones is 1. The molecule has 2 atom stereocenters. The van der Waals surface area contributed by atoms with Gasteiger partial charge in [-0.1, -0.05) is 18.7 Å². The van der Waals surface area contributed by atoms with Gasteiger partial charge in [-0.15, -0.1) is 0 Å². The van der Waals surface area contributed by atoms with Crippen LogP contribution in [-0.4, -0.2) is 134 Å². The second-order valence-electron chi connectivity index (χ2n) is 18.2. The second-order valence-corrected chi connectivity index (χ2v) is 19.9. The van der Waals surface area contributed by atoms with Crippen LogP contribution in [0, 0.1) is 17.6 Å². The molecule has 0 aliphatic carbocycles. The lowest BCUT2D eigenvalue weighted by Crippen LogP contribution is -2.51. The van der Waals surface area contributed by atoms with Crippen LogP contribution in [0.2, 0.25) is 0 Å². The van der Waals surface area contributed by atoms with E-state index in [1.165, 1.54) is 13.3 Å². The van der Waals surface area contributed by atoms with E-state index >= 15 is 8.78 Å². The SMILES string of the molecule is C=C1CCC(N2C(=O)c3cc(N4CCC(CN5CCN(c6ccc(-c7cnc8[nH]cc(C(=O)c9c(F)ccc(NS(=O)(=O)N%10CC[C@@H](F)C%10)c9F)c8c7)cc6)CC5)CC4)cc(OC)c3C2=O)C(=O)N1. The molecule has 0 saturated carbocycles. The quantitative estimate of drug-likeness (QED) is 0.101. The summed E-state index contributed by atoms with van der Waals surface area (Å²) < 4.78 is 78.8. The van der Waals surface area contributed by atoms with Crippen LogP contribution >= 0.6 is 0 Å². The predicted octanol–water partition coefficient (Wildman–Crippen LogP) is 5.88. The number of H-pyrrole nitrogens is 1. The fourth-order valence-corrected chi connectivity index (χ4v) is 11.5. The van der Waals surface area contributed by atoms with Crippen LogP contribution < -0.4 is 24.6 Å². The number of piperidine rings is 2. The molecule has 5 aliphatic heterocycles. The third kappa shape index (κ3) is 8.69. The minimum atomic E-state index is -4.36. The van der Waals surface area contributed by atoms with Crippen LogP contribution in [-0.2, 0) is 15.0 Å². The van der Waals surface area contributed by atoms with E-state index in [2.05, 4.69) is 36.6 Å². The van der Waals surface area contributed by atoms with Gasteiger partial charge in [0.2, 0.25) is 11.7 Å². The maximum Gasteiger partial charge on any atom is 0.301 e. The van der Waals surface area contributed by atoms with Crippen molar-refractivity contribution in [1.82, 2.24) is 29.4 Å². The fraction of sp³-hybridized carbons (Fsp3) is 0.367. The average Bonchev–Trinajstić information content (AvgIpc) is 4.06. The second kappa shape index (κ2) is 18.3. The molecule has 4 saturated heterocycles. The topological polar surface area (TPSA) is 181 Å². The lowest BCUT2D eigenvalue weighted by molar-refractivity contribution is -0.125. The molecular formula is C49H50F3N9O7S. The first-order valence-corrected chi connectivity index (χ1v) is 24.4. The number of amides is 3. The van der Waals surface area contributed by atoms with Gasteiger partial charge in [0.15, 0.2) is 5.82 Å². The molecular weight excluding hydrogens is 916 g/mol. The third-order valence-corrected chi connectivity index (χ3v) is 15.5. The number of fused-ring (bicyclic) bond motifs is 2. The number of halogens is 3. The summed E-state index contributed by atoms with van der Waals surface area (Å²) in [5.41, 5.74) is 3.03. The van der Waals surface area contributed by atoms with E-state index in [0.717, 1.165) is 96.9 Å². The van der Waals surface area contributed by atoms with E-state index in [-0.39, 0.29) is 29.7 Å². The van der Waals surface area contributed by atoms with Gasteiger partial charge in [-0.25, -0.2) is 18.2 Å². The third-order valence-electron chi connectivity index (χ3n) is 14.0. The van der Waals surface area contributed by atoms with Gasteiger partial charge in [0, 0.05) is 111 Å². The highest BCUT2D eigenvalue weighted by Crippen LogP contribution is 2.39. The number of nitrogens with one attached hydrogen (secondary N) is 3. The van der Waals surface area contributed by atoms with E-state index < -0.39 is 75.4 Å². The number of carbonyl (C=O) groups is 4. The van der Waals surface area contributed by atoms with Crippen LogP contribution in [0.4, 0.5) is 30.2 Å². The molecule has 20 heteroatoms. The van der Waals surface area contributed by atoms with Crippen molar-refractivity contribution in [1.29, 1.82) is 0 Å². The molecule has 0 radical (unpaired) electrons. The van der Waals surface area contributed by atoms with Crippen molar-refractivity contribution in [3.63, 3.8) is 0 Å². The molecule has 0 bridgehead atoms. The summed E-state index contributed by atoms with van der Waals surface area (Å²) in [6.45, 7) is 9.29. The van der Waals surface area contributed by atoms with Crippen LogP contribution in [0.1, 0.15) is 68.7 Å². The number of pyridine rings is 1. The van der Waals surface area contributed by atoms with E-state index in [1.54, 1.807) is 18.3 Å². The zero-order chi connectivity index (χ0) is 48.3. The highest BCUT2D eigenvalue weighted by Gasteiger charge is 2.46. The van der Waals surface area contributed by atoms with Crippen LogP contribution in [0.25, 0.3) is 22.2 Å². The largest absolute Gasteiger partial charge is 0.496 e. The molecule has 16 nitrogen and oxygen atoms in total. The van der Waals surface area contributed by atoms with Gasteiger partial charge in [-0.3, -0.25) is 33.7 Å². The van der Waals surface area contributed by atoms with E-state index in [0.29, 0.717) is 46.8 Å². The van der Waals surface area contributed by atoms with Crippen molar-refractivity contribution in [2.45, 2.75) is 44.3 Å². The number of aromatic amines is 1.